The number of amides is 1. The van der Waals surface area contributed by atoms with Crippen LogP contribution >= 0.6 is 11.6 Å². The Kier molecular flexibility index (Phi) is 3.20. The Labute approximate surface area is 105 Å². The van der Waals surface area contributed by atoms with Crippen molar-refractivity contribution in [3.05, 3.63) is 45.2 Å². The molecule has 1 N–H and O–H groups in total. The summed E-state index contributed by atoms with van der Waals surface area (Å²) in [5.74, 6) is -0.590. The molecule has 18 heavy (non-hydrogen) atoms. The maximum Gasteiger partial charge on any atom is 0.289 e. The summed E-state index contributed by atoms with van der Waals surface area (Å²) < 4.78 is 4.26. The largest absolute Gasteiger partial charge is 0.320 e. The molecule has 0 saturated carbocycles. The molecule has 9 heteroatoms. The van der Waals surface area contributed by atoms with Crippen molar-refractivity contribution >= 4 is 28.9 Å². The Hall–Kier alpha value is -2.48. The standard InChI is InChI=1S/C9H5ClN4O4/c10-6-2-1-5(3-8(6)14(16)17)12-9(15)7-4-11-18-13-7/h1-4H,(H,12,15). The molecule has 8 nitrogen and oxygen atoms in total. The number of rotatable bonds is 3. The summed E-state index contributed by atoms with van der Waals surface area (Å²) >= 11 is 5.64. The van der Waals surface area contributed by atoms with Gasteiger partial charge < -0.3 is 5.32 Å². The third kappa shape index (κ3) is 2.43. The van der Waals surface area contributed by atoms with E-state index >= 15 is 0 Å². The van der Waals surface area contributed by atoms with Crippen molar-refractivity contribution in [2.45, 2.75) is 0 Å². The number of nitro groups is 1. The molecule has 0 radical (unpaired) electrons. The van der Waals surface area contributed by atoms with Crippen LogP contribution in [-0.2, 0) is 0 Å². The molecule has 1 amide bonds. The molecule has 0 saturated heterocycles. The number of nitrogens with one attached hydrogen (secondary N) is 1. The van der Waals surface area contributed by atoms with Crippen molar-refractivity contribution in [1.29, 1.82) is 0 Å². The molecule has 92 valence electrons. The molecule has 1 heterocycles. The molecular formula is C9H5ClN4O4. The van der Waals surface area contributed by atoms with Gasteiger partial charge in [-0.05, 0) is 17.3 Å². The summed E-state index contributed by atoms with van der Waals surface area (Å²) in [7, 11) is 0. The number of halogens is 1. The van der Waals surface area contributed by atoms with Crippen LogP contribution in [0, 0.1) is 10.1 Å². The monoisotopic (exact) mass is 268 g/mol. The molecule has 2 rings (SSSR count). The zero-order valence-corrected chi connectivity index (χ0v) is 9.42. The first-order valence-electron chi connectivity index (χ1n) is 4.61. The summed E-state index contributed by atoms with van der Waals surface area (Å²) in [5.41, 5.74) is -0.112. The van der Waals surface area contributed by atoms with Gasteiger partial charge in [-0.25, -0.2) is 4.63 Å². The van der Waals surface area contributed by atoms with Crippen LogP contribution in [0.5, 0.6) is 0 Å². The van der Waals surface area contributed by atoms with Gasteiger partial charge in [0, 0.05) is 11.8 Å². The highest BCUT2D eigenvalue weighted by molar-refractivity contribution is 6.32. The van der Waals surface area contributed by atoms with Crippen LogP contribution in [0.2, 0.25) is 5.02 Å². The maximum absolute atomic E-state index is 11.6. The van der Waals surface area contributed by atoms with Crippen LogP contribution in [-0.4, -0.2) is 21.1 Å². The van der Waals surface area contributed by atoms with Crippen molar-refractivity contribution in [3.8, 4) is 0 Å². The van der Waals surface area contributed by atoms with Crippen molar-refractivity contribution in [2.75, 3.05) is 5.32 Å². The van der Waals surface area contributed by atoms with Crippen LogP contribution in [0.25, 0.3) is 0 Å². The van der Waals surface area contributed by atoms with E-state index in [2.05, 4.69) is 20.3 Å². The molecule has 0 aliphatic heterocycles. The van der Waals surface area contributed by atoms with E-state index in [9.17, 15) is 14.9 Å². The van der Waals surface area contributed by atoms with Crippen LogP contribution in [0.15, 0.2) is 29.0 Å². The smallest absolute Gasteiger partial charge is 0.289 e. The predicted molar refractivity (Wildman–Crippen MR) is 60.4 cm³/mol. The van der Waals surface area contributed by atoms with Crippen LogP contribution in [0.4, 0.5) is 11.4 Å². The van der Waals surface area contributed by atoms with Crippen molar-refractivity contribution in [2.24, 2.45) is 0 Å². The minimum absolute atomic E-state index is 0.0129. The Morgan fingerprint density at radius 1 is 1.50 bits per heavy atom. The Bertz CT molecular complexity index is 599. The molecule has 0 atom stereocenters. The second kappa shape index (κ2) is 4.80. The predicted octanol–water partition coefficient (Wildman–Crippen LogP) is 1.88. The van der Waals surface area contributed by atoms with Gasteiger partial charge in [0.25, 0.3) is 11.6 Å². The molecule has 0 aliphatic carbocycles. The quantitative estimate of drug-likeness (QED) is 0.672. The number of anilines is 1. The highest BCUT2D eigenvalue weighted by Gasteiger charge is 2.15. The van der Waals surface area contributed by atoms with Crippen LogP contribution in [0.1, 0.15) is 10.5 Å². The number of carbonyl (C=O) groups excluding carboxylic acids is 1. The second-order valence-corrected chi connectivity index (χ2v) is 3.58. The van der Waals surface area contributed by atoms with Crippen molar-refractivity contribution in [1.82, 2.24) is 10.3 Å². The summed E-state index contributed by atoms with van der Waals surface area (Å²) in [6.45, 7) is 0. The van der Waals surface area contributed by atoms with Gasteiger partial charge in [0.05, 0.1) is 4.92 Å². The van der Waals surface area contributed by atoms with Gasteiger partial charge in [-0.15, -0.1) is 0 Å². The van der Waals surface area contributed by atoms with Crippen LogP contribution in [0.3, 0.4) is 0 Å². The van der Waals surface area contributed by atoms with Gasteiger partial charge in [0.15, 0.2) is 5.69 Å². The van der Waals surface area contributed by atoms with Crippen molar-refractivity contribution in [3.63, 3.8) is 0 Å². The van der Waals surface area contributed by atoms with E-state index in [4.69, 9.17) is 11.6 Å². The maximum atomic E-state index is 11.6. The summed E-state index contributed by atoms with van der Waals surface area (Å²) in [4.78, 5) is 21.6. The van der Waals surface area contributed by atoms with Gasteiger partial charge in [-0.1, -0.05) is 16.8 Å². The average molecular weight is 269 g/mol. The number of benzene rings is 1. The van der Waals surface area contributed by atoms with Crippen molar-refractivity contribution < 1.29 is 14.3 Å². The average Bonchev–Trinajstić information content (AvgIpc) is 2.85. The number of nitrogens with zero attached hydrogens (tertiary/aromatic N) is 3. The van der Waals surface area contributed by atoms with E-state index in [1.54, 1.807) is 0 Å². The SMILES string of the molecule is O=C(Nc1ccc(Cl)c([N+](=O)[O-])c1)c1cnon1. The number of carbonyl (C=O) groups is 1. The summed E-state index contributed by atoms with van der Waals surface area (Å²) in [6.07, 6.45) is 1.12. The lowest BCUT2D eigenvalue weighted by Crippen LogP contribution is -2.12. The molecule has 1 aromatic carbocycles. The van der Waals surface area contributed by atoms with E-state index in [0.717, 1.165) is 12.3 Å². The molecule has 0 spiro atoms. The van der Waals surface area contributed by atoms with Gasteiger partial charge in [-0.2, -0.15) is 0 Å². The first-order chi connectivity index (χ1) is 8.58. The highest BCUT2D eigenvalue weighted by atomic mass is 35.5. The number of hydrogen-bond acceptors (Lipinski definition) is 6. The zero-order valence-electron chi connectivity index (χ0n) is 8.66. The fourth-order valence-electron chi connectivity index (χ4n) is 1.19. The Morgan fingerprint density at radius 2 is 2.28 bits per heavy atom. The fraction of sp³-hybridized carbons (Fsp3) is 0. The van der Waals surface area contributed by atoms with E-state index < -0.39 is 10.8 Å². The lowest BCUT2D eigenvalue weighted by atomic mass is 10.2. The normalized spacial score (nSPS) is 10.1. The minimum atomic E-state index is -0.643. The highest BCUT2D eigenvalue weighted by Crippen LogP contribution is 2.27. The van der Waals surface area contributed by atoms with E-state index in [0.29, 0.717) is 0 Å². The first kappa shape index (κ1) is 12.0. The molecule has 0 bridgehead atoms. The molecule has 1 aromatic heterocycles. The van der Waals surface area contributed by atoms with E-state index in [1.807, 2.05) is 0 Å². The lowest BCUT2D eigenvalue weighted by molar-refractivity contribution is -0.384. The lowest BCUT2D eigenvalue weighted by Gasteiger charge is -2.03. The Balaban J connectivity index is 2.22. The summed E-state index contributed by atoms with van der Waals surface area (Å²) in [5, 5.41) is 19.6. The first-order valence-corrected chi connectivity index (χ1v) is 4.98. The minimum Gasteiger partial charge on any atom is -0.320 e. The van der Waals surface area contributed by atoms with Crippen LogP contribution < -0.4 is 5.32 Å². The van der Waals surface area contributed by atoms with Gasteiger partial charge in [0.2, 0.25) is 0 Å². The van der Waals surface area contributed by atoms with Gasteiger partial charge in [-0.3, -0.25) is 14.9 Å². The topological polar surface area (TPSA) is 111 Å². The third-order valence-electron chi connectivity index (χ3n) is 1.99. The molecule has 2 aromatic rings. The van der Waals surface area contributed by atoms with Gasteiger partial charge >= 0.3 is 0 Å². The van der Waals surface area contributed by atoms with E-state index in [1.165, 1.54) is 12.1 Å². The number of nitro benzene ring substituents is 1. The third-order valence-corrected chi connectivity index (χ3v) is 2.31. The molecule has 0 aliphatic rings. The molecule has 0 unspecified atom stereocenters. The summed E-state index contributed by atoms with van der Waals surface area (Å²) in [6, 6.07) is 3.89. The fourth-order valence-corrected chi connectivity index (χ4v) is 1.38. The number of hydrogen-bond donors (Lipinski definition) is 1. The molecular weight excluding hydrogens is 264 g/mol. The van der Waals surface area contributed by atoms with E-state index in [-0.39, 0.29) is 22.1 Å². The van der Waals surface area contributed by atoms with Gasteiger partial charge in [0.1, 0.15) is 11.2 Å². The number of aromatic nitrogens is 2. The zero-order chi connectivity index (χ0) is 13.1. The second-order valence-electron chi connectivity index (χ2n) is 3.17. The Morgan fingerprint density at radius 3 is 2.89 bits per heavy atom. The molecule has 0 fully saturated rings.